The van der Waals surface area contributed by atoms with E-state index in [9.17, 15) is 31.9 Å². The molecule has 17 heteroatoms. The average molecular weight is 741 g/mol. The normalized spacial score (nSPS) is 17.5. The van der Waals surface area contributed by atoms with Crippen LogP contribution in [0.5, 0.6) is 6.01 Å². The molecule has 0 saturated heterocycles. The molecule has 52 heavy (non-hydrogen) atoms. The highest BCUT2D eigenvalue weighted by Gasteiger charge is 2.45. The lowest BCUT2D eigenvalue weighted by Gasteiger charge is -2.21. The molecule has 2 unspecified atom stereocenters. The van der Waals surface area contributed by atoms with E-state index in [4.69, 9.17) is 16.3 Å². The maximum Gasteiger partial charge on any atom is 0.422 e. The lowest BCUT2D eigenvalue weighted by atomic mass is 10.0. The van der Waals surface area contributed by atoms with Gasteiger partial charge in [0.15, 0.2) is 6.61 Å². The van der Waals surface area contributed by atoms with E-state index in [-0.39, 0.29) is 42.0 Å². The predicted molar refractivity (Wildman–Crippen MR) is 184 cm³/mol. The summed E-state index contributed by atoms with van der Waals surface area (Å²) in [6, 6.07) is 17.7. The first-order chi connectivity index (χ1) is 24.8. The van der Waals surface area contributed by atoms with Gasteiger partial charge in [-0.05, 0) is 97.8 Å². The Morgan fingerprint density at radius 1 is 0.846 bits per heavy atom. The molecule has 0 aliphatic heterocycles. The van der Waals surface area contributed by atoms with E-state index in [2.05, 4.69) is 41.5 Å². The van der Waals surface area contributed by atoms with Gasteiger partial charge in [0.2, 0.25) is 11.9 Å². The van der Waals surface area contributed by atoms with Crippen molar-refractivity contribution in [2.24, 2.45) is 5.92 Å². The maximum absolute atomic E-state index is 13.1. The summed E-state index contributed by atoms with van der Waals surface area (Å²) in [6.45, 7) is -1.43. The quantitative estimate of drug-likeness (QED) is 0.0855. The molecule has 2 atom stereocenters. The van der Waals surface area contributed by atoms with E-state index in [1.54, 1.807) is 36.4 Å². The number of hydrogen-bond acceptors (Lipinski definition) is 9. The summed E-state index contributed by atoms with van der Waals surface area (Å²) < 4.78 is 56.8. The second kappa shape index (κ2) is 15.4. The van der Waals surface area contributed by atoms with Gasteiger partial charge in [-0.3, -0.25) is 14.4 Å². The molecule has 3 aromatic carbocycles. The fraction of sp³-hybridized carbons (Fsp3) is 0.314. The number of nitrogens with one attached hydrogen (secondary N) is 5. The van der Waals surface area contributed by atoms with Crippen molar-refractivity contribution in [1.29, 1.82) is 0 Å². The Labute approximate surface area is 300 Å². The van der Waals surface area contributed by atoms with Crippen LogP contribution in [0.15, 0.2) is 72.8 Å². The van der Waals surface area contributed by atoms with Crippen LogP contribution in [0, 0.1) is 11.7 Å². The van der Waals surface area contributed by atoms with Gasteiger partial charge in [0.1, 0.15) is 5.82 Å². The van der Waals surface area contributed by atoms with E-state index in [1.165, 1.54) is 12.1 Å². The first-order valence-electron chi connectivity index (χ1n) is 16.4. The summed E-state index contributed by atoms with van der Waals surface area (Å²) >= 11 is 6.03. The van der Waals surface area contributed by atoms with Gasteiger partial charge in [-0.25, -0.2) is 4.39 Å². The van der Waals surface area contributed by atoms with Crippen molar-refractivity contribution in [2.45, 2.75) is 49.9 Å². The van der Waals surface area contributed by atoms with Crippen LogP contribution in [0.3, 0.4) is 0 Å². The number of halogens is 5. The highest BCUT2D eigenvalue weighted by Crippen LogP contribution is 2.48. The van der Waals surface area contributed by atoms with E-state index in [0.717, 1.165) is 43.4 Å². The number of aromatic nitrogens is 3. The molecule has 272 valence electrons. The second-order valence-corrected chi connectivity index (χ2v) is 13.0. The number of carbonyl (C=O) groups excluding carboxylic acids is 3. The van der Waals surface area contributed by atoms with Crippen LogP contribution >= 0.6 is 11.6 Å². The van der Waals surface area contributed by atoms with Crippen molar-refractivity contribution in [3.63, 3.8) is 0 Å². The van der Waals surface area contributed by atoms with Crippen molar-refractivity contribution < 1.29 is 36.7 Å². The zero-order valence-electron chi connectivity index (χ0n) is 27.4. The molecule has 5 N–H and O–H groups in total. The van der Waals surface area contributed by atoms with Crippen molar-refractivity contribution >= 4 is 52.6 Å². The average Bonchev–Trinajstić information content (AvgIpc) is 3.76. The zero-order chi connectivity index (χ0) is 36.9. The van der Waals surface area contributed by atoms with Gasteiger partial charge >= 0.3 is 24.0 Å². The Morgan fingerprint density at radius 3 is 2.19 bits per heavy atom. The molecule has 1 aromatic heterocycles. The molecule has 2 aliphatic rings. The SMILES string of the molecule is O=C(NCC1CCCC1NC(=O)c1ccc(Nc2nc(NC3(c4ccc(Cl)cc4)CC3)nc(OCC(F)(F)F)n2)cc1)C(=O)Nc1ccc(F)cc1. The predicted octanol–water partition coefficient (Wildman–Crippen LogP) is 6.10. The number of benzene rings is 3. The Hall–Kier alpha value is -5.51. The summed E-state index contributed by atoms with van der Waals surface area (Å²) in [5, 5.41) is 14.7. The lowest BCUT2D eigenvalue weighted by molar-refractivity contribution is -0.154. The van der Waals surface area contributed by atoms with Crippen LogP contribution in [-0.4, -0.2) is 58.0 Å². The fourth-order valence-electron chi connectivity index (χ4n) is 5.86. The summed E-state index contributed by atoms with van der Waals surface area (Å²) in [5.74, 6) is -2.75. The van der Waals surface area contributed by atoms with Gasteiger partial charge in [-0.15, -0.1) is 0 Å². The minimum Gasteiger partial charge on any atom is -0.454 e. The molecule has 1 heterocycles. The van der Waals surface area contributed by atoms with Crippen molar-refractivity contribution in [3.8, 4) is 6.01 Å². The van der Waals surface area contributed by atoms with Gasteiger partial charge in [0.25, 0.3) is 5.91 Å². The van der Waals surface area contributed by atoms with Gasteiger partial charge in [-0.1, -0.05) is 30.2 Å². The number of amides is 3. The summed E-state index contributed by atoms with van der Waals surface area (Å²) in [5.41, 5.74) is 1.45. The van der Waals surface area contributed by atoms with E-state index in [0.29, 0.717) is 22.7 Å². The minimum absolute atomic E-state index is 0.00828. The Bertz CT molecular complexity index is 1910. The number of anilines is 4. The van der Waals surface area contributed by atoms with Gasteiger partial charge in [0.05, 0.1) is 5.54 Å². The summed E-state index contributed by atoms with van der Waals surface area (Å²) in [6.07, 6.45) is -0.919. The molecular weight excluding hydrogens is 708 g/mol. The number of carbonyl (C=O) groups is 3. The van der Waals surface area contributed by atoms with E-state index < -0.39 is 42.0 Å². The van der Waals surface area contributed by atoms with Crippen molar-refractivity contribution in [3.05, 3.63) is 94.8 Å². The smallest absolute Gasteiger partial charge is 0.422 e. The van der Waals surface area contributed by atoms with Crippen LogP contribution in [0.1, 0.15) is 48.0 Å². The molecule has 2 fully saturated rings. The highest BCUT2D eigenvalue weighted by molar-refractivity contribution is 6.39. The molecule has 3 amide bonds. The molecule has 2 aliphatic carbocycles. The standard InChI is InChI=1S/C35H33ClF4N8O4/c36-23-8-6-22(7-9-23)34(16-17-34)48-32-45-31(46-33(47-32)52-19-35(38,39)40)43-26-12-4-20(5-13-26)28(49)44-27-3-1-2-21(27)18-41-29(50)30(51)42-25-14-10-24(37)11-15-25/h4-15,21,27H,1-3,16-19H2,(H,41,50)(H,42,51)(H,44,49)(H2,43,45,46,47,48). The minimum atomic E-state index is -4.61. The topological polar surface area (TPSA) is 159 Å². The monoisotopic (exact) mass is 740 g/mol. The van der Waals surface area contributed by atoms with Crippen molar-refractivity contribution in [2.75, 3.05) is 29.1 Å². The number of nitrogens with zero attached hydrogens (tertiary/aromatic N) is 3. The van der Waals surface area contributed by atoms with Crippen molar-refractivity contribution in [1.82, 2.24) is 25.6 Å². The third kappa shape index (κ3) is 9.63. The van der Waals surface area contributed by atoms with Crippen LogP contribution in [-0.2, 0) is 15.1 Å². The number of rotatable bonds is 12. The van der Waals surface area contributed by atoms with Crippen LogP contribution < -0.4 is 31.3 Å². The molecule has 2 saturated carbocycles. The number of alkyl halides is 3. The largest absolute Gasteiger partial charge is 0.454 e. The van der Waals surface area contributed by atoms with Crippen LogP contribution in [0.25, 0.3) is 0 Å². The number of hydrogen-bond donors (Lipinski definition) is 5. The van der Waals surface area contributed by atoms with Gasteiger partial charge < -0.3 is 31.3 Å². The second-order valence-electron chi connectivity index (χ2n) is 12.5. The molecule has 0 spiro atoms. The first kappa shape index (κ1) is 36.3. The summed E-state index contributed by atoms with van der Waals surface area (Å²) in [7, 11) is 0. The molecule has 0 bridgehead atoms. The third-order valence-corrected chi connectivity index (χ3v) is 8.94. The lowest BCUT2D eigenvalue weighted by Crippen LogP contribution is -2.44. The van der Waals surface area contributed by atoms with Gasteiger partial charge in [-0.2, -0.15) is 28.1 Å². The van der Waals surface area contributed by atoms with Crippen LogP contribution in [0.4, 0.5) is 40.8 Å². The molecule has 6 rings (SSSR count). The molecule has 4 aromatic rings. The molecule has 0 radical (unpaired) electrons. The first-order valence-corrected chi connectivity index (χ1v) is 16.7. The third-order valence-electron chi connectivity index (χ3n) is 8.69. The summed E-state index contributed by atoms with van der Waals surface area (Å²) in [4.78, 5) is 50.2. The molecular formula is C35H33ClF4N8O4. The molecule has 12 nitrogen and oxygen atoms in total. The van der Waals surface area contributed by atoms with E-state index in [1.807, 2.05) is 12.1 Å². The fourth-order valence-corrected chi connectivity index (χ4v) is 5.98. The maximum atomic E-state index is 13.1. The van der Waals surface area contributed by atoms with E-state index >= 15 is 0 Å². The number of ether oxygens (including phenoxy) is 1. The Kier molecular flexibility index (Phi) is 10.7. The van der Waals surface area contributed by atoms with Crippen LogP contribution in [0.2, 0.25) is 5.02 Å². The Balaban J connectivity index is 1.06. The van der Waals surface area contributed by atoms with Gasteiger partial charge in [0, 0.05) is 34.5 Å². The zero-order valence-corrected chi connectivity index (χ0v) is 28.2. The highest BCUT2D eigenvalue weighted by atomic mass is 35.5. The Morgan fingerprint density at radius 2 is 1.52 bits per heavy atom.